The fraction of sp³-hybridized carbons (Fsp3) is 0.400. The van der Waals surface area contributed by atoms with E-state index in [2.05, 4.69) is 48.6 Å². The predicted octanol–water partition coefficient (Wildman–Crippen LogP) is 3.83. The van der Waals surface area contributed by atoms with Crippen LogP contribution < -0.4 is 14.8 Å². The molecule has 3 rings (SSSR count). The Morgan fingerprint density at radius 2 is 1.83 bits per heavy atom. The lowest BCUT2D eigenvalue weighted by Gasteiger charge is -2.19. The van der Waals surface area contributed by atoms with E-state index in [4.69, 9.17) is 9.47 Å². The Morgan fingerprint density at radius 1 is 1.04 bits per heavy atom. The number of methoxy groups -OCH3 is 2. The van der Waals surface area contributed by atoms with E-state index in [0.717, 1.165) is 42.1 Å². The van der Waals surface area contributed by atoms with Gasteiger partial charge in [0.1, 0.15) is 11.5 Å². The minimum Gasteiger partial charge on any atom is -0.496 e. The number of hydrogen-bond donors (Lipinski definition) is 1. The molecule has 0 radical (unpaired) electrons. The molecule has 122 valence electrons. The molecule has 0 amide bonds. The lowest BCUT2D eigenvalue weighted by molar-refractivity contribution is 0.391. The summed E-state index contributed by atoms with van der Waals surface area (Å²) in [5.41, 5.74) is 4.70. The molecule has 3 heteroatoms. The number of hydrogen-bond acceptors (Lipinski definition) is 3. The molecule has 1 saturated heterocycles. The van der Waals surface area contributed by atoms with Gasteiger partial charge in [-0.05, 0) is 56.0 Å². The molecule has 0 aromatic heterocycles. The fourth-order valence-corrected chi connectivity index (χ4v) is 3.37. The van der Waals surface area contributed by atoms with Crippen molar-refractivity contribution < 1.29 is 9.47 Å². The molecule has 1 fully saturated rings. The summed E-state index contributed by atoms with van der Waals surface area (Å²) in [7, 11) is 3.47. The maximum Gasteiger partial charge on any atom is 0.133 e. The third-order valence-corrected chi connectivity index (χ3v) is 4.64. The number of benzene rings is 2. The Bertz CT molecular complexity index is 658. The Kier molecular flexibility index (Phi) is 4.87. The van der Waals surface area contributed by atoms with Crippen molar-refractivity contribution in [2.45, 2.75) is 19.8 Å². The highest BCUT2D eigenvalue weighted by Crippen LogP contribution is 2.41. The van der Waals surface area contributed by atoms with E-state index < -0.39 is 0 Å². The molecule has 0 aliphatic carbocycles. The minimum atomic E-state index is 0.683. The lowest BCUT2D eigenvalue weighted by Crippen LogP contribution is -2.11. The summed E-state index contributed by atoms with van der Waals surface area (Å²) in [6.07, 6.45) is 2.27. The Labute approximate surface area is 138 Å². The topological polar surface area (TPSA) is 30.5 Å². The van der Waals surface area contributed by atoms with Gasteiger partial charge in [-0.1, -0.05) is 35.9 Å². The van der Waals surface area contributed by atoms with Gasteiger partial charge in [0.05, 0.1) is 19.8 Å². The molecule has 1 aliphatic rings. The van der Waals surface area contributed by atoms with Crippen molar-refractivity contribution >= 4 is 0 Å². The van der Waals surface area contributed by atoms with E-state index >= 15 is 0 Å². The van der Waals surface area contributed by atoms with Crippen molar-refractivity contribution in [3.63, 3.8) is 0 Å². The van der Waals surface area contributed by atoms with Crippen molar-refractivity contribution in [3.05, 3.63) is 47.5 Å². The minimum absolute atomic E-state index is 0.683. The van der Waals surface area contributed by atoms with Crippen LogP contribution in [0, 0.1) is 12.8 Å². The van der Waals surface area contributed by atoms with Gasteiger partial charge in [0.15, 0.2) is 0 Å². The second kappa shape index (κ2) is 7.05. The van der Waals surface area contributed by atoms with Crippen LogP contribution in [-0.2, 0) is 6.42 Å². The zero-order valence-electron chi connectivity index (χ0n) is 14.2. The van der Waals surface area contributed by atoms with Gasteiger partial charge in [-0.15, -0.1) is 0 Å². The highest BCUT2D eigenvalue weighted by molar-refractivity contribution is 5.78. The van der Waals surface area contributed by atoms with Gasteiger partial charge in [0.2, 0.25) is 0 Å². The summed E-state index contributed by atoms with van der Waals surface area (Å²) in [5.74, 6) is 2.49. The van der Waals surface area contributed by atoms with Crippen LogP contribution in [0.5, 0.6) is 11.5 Å². The summed E-state index contributed by atoms with van der Waals surface area (Å²) in [6.45, 7) is 4.31. The van der Waals surface area contributed by atoms with Crippen LogP contribution in [0.25, 0.3) is 11.1 Å². The van der Waals surface area contributed by atoms with E-state index in [-0.39, 0.29) is 0 Å². The van der Waals surface area contributed by atoms with Crippen LogP contribution in [0.2, 0.25) is 0 Å². The van der Waals surface area contributed by atoms with Crippen molar-refractivity contribution in [1.82, 2.24) is 5.32 Å². The van der Waals surface area contributed by atoms with Gasteiger partial charge in [0, 0.05) is 0 Å². The van der Waals surface area contributed by atoms with Gasteiger partial charge in [-0.3, -0.25) is 0 Å². The smallest absolute Gasteiger partial charge is 0.133 e. The summed E-state index contributed by atoms with van der Waals surface area (Å²) >= 11 is 0. The van der Waals surface area contributed by atoms with Crippen LogP contribution >= 0.6 is 0 Å². The number of rotatable bonds is 5. The Balaban J connectivity index is 2.05. The van der Waals surface area contributed by atoms with Gasteiger partial charge in [-0.25, -0.2) is 0 Å². The number of nitrogens with one attached hydrogen (secondary N) is 1. The monoisotopic (exact) mass is 311 g/mol. The van der Waals surface area contributed by atoms with Crippen LogP contribution in [0.15, 0.2) is 36.4 Å². The third kappa shape index (κ3) is 3.35. The van der Waals surface area contributed by atoms with E-state index in [0.29, 0.717) is 5.92 Å². The lowest BCUT2D eigenvalue weighted by atomic mass is 9.93. The van der Waals surface area contributed by atoms with Crippen LogP contribution in [0.1, 0.15) is 17.5 Å². The second-order valence-corrected chi connectivity index (χ2v) is 6.26. The molecule has 0 spiro atoms. The van der Waals surface area contributed by atoms with Crippen molar-refractivity contribution in [3.8, 4) is 22.6 Å². The summed E-state index contributed by atoms with van der Waals surface area (Å²) < 4.78 is 11.4. The molecule has 2 aromatic rings. The third-order valence-electron chi connectivity index (χ3n) is 4.64. The largest absolute Gasteiger partial charge is 0.496 e. The predicted molar refractivity (Wildman–Crippen MR) is 94.4 cm³/mol. The molecule has 2 aromatic carbocycles. The zero-order valence-corrected chi connectivity index (χ0v) is 14.2. The van der Waals surface area contributed by atoms with E-state index in [9.17, 15) is 0 Å². The molecule has 3 nitrogen and oxygen atoms in total. The fourth-order valence-electron chi connectivity index (χ4n) is 3.37. The molecule has 1 unspecified atom stereocenters. The quantitative estimate of drug-likeness (QED) is 0.910. The molecule has 0 saturated carbocycles. The normalized spacial score (nSPS) is 17.3. The molecular weight excluding hydrogens is 286 g/mol. The molecule has 1 atom stereocenters. The first-order valence-electron chi connectivity index (χ1n) is 8.24. The molecule has 1 heterocycles. The first-order valence-corrected chi connectivity index (χ1v) is 8.24. The van der Waals surface area contributed by atoms with Crippen LogP contribution in [0.4, 0.5) is 0 Å². The highest BCUT2D eigenvalue weighted by atomic mass is 16.5. The summed E-state index contributed by atoms with van der Waals surface area (Å²) in [4.78, 5) is 0. The highest BCUT2D eigenvalue weighted by Gasteiger charge is 2.21. The van der Waals surface area contributed by atoms with E-state index in [1.54, 1.807) is 14.2 Å². The first kappa shape index (κ1) is 15.9. The summed E-state index contributed by atoms with van der Waals surface area (Å²) in [5, 5.41) is 3.44. The average molecular weight is 311 g/mol. The average Bonchev–Trinajstić information content (AvgIpc) is 3.08. The first-order chi connectivity index (χ1) is 11.2. The summed E-state index contributed by atoms with van der Waals surface area (Å²) in [6, 6.07) is 12.7. The maximum atomic E-state index is 5.81. The van der Waals surface area contributed by atoms with Gasteiger partial charge in [-0.2, -0.15) is 0 Å². The van der Waals surface area contributed by atoms with Crippen molar-refractivity contribution in [1.29, 1.82) is 0 Å². The van der Waals surface area contributed by atoms with Gasteiger partial charge < -0.3 is 14.8 Å². The van der Waals surface area contributed by atoms with Gasteiger partial charge in [0.25, 0.3) is 0 Å². The molecule has 0 bridgehead atoms. The SMILES string of the molecule is COc1ccc(CC2CCNC2)c(OC)c1-c1ccc(C)cc1. The number of aryl methyl sites for hydroxylation is 1. The van der Waals surface area contributed by atoms with Crippen LogP contribution in [0.3, 0.4) is 0 Å². The van der Waals surface area contributed by atoms with E-state index in [1.807, 2.05) is 0 Å². The Hall–Kier alpha value is -2.00. The van der Waals surface area contributed by atoms with E-state index in [1.165, 1.54) is 17.5 Å². The standard InChI is InChI=1S/C20H25NO2/c1-14-4-6-16(7-5-14)19-18(22-2)9-8-17(20(19)23-3)12-15-10-11-21-13-15/h4-9,15,21H,10-13H2,1-3H3. The molecule has 1 N–H and O–H groups in total. The van der Waals surface area contributed by atoms with Crippen molar-refractivity contribution in [2.24, 2.45) is 5.92 Å². The van der Waals surface area contributed by atoms with Gasteiger partial charge >= 0.3 is 0 Å². The van der Waals surface area contributed by atoms with Crippen molar-refractivity contribution in [2.75, 3.05) is 27.3 Å². The zero-order chi connectivity index (χ0) is 16.2. The van der Waals surface area contributed by atoms with Crippen LogP contribution in [-0.4, -0.2) is 27.3 Å². The molecule has 1 aliphatic heterocycles. The maximum absolute atomic E-state index is 5.81. The number of ether oxygens (including phenoxy) is 2. The Morgan fingerprint density at radius 3 is 2.43 bits per heavy atom. The second-order valence-electron chi connectivity index (χ2n) is 6.26. The molecule has 23 heavy (non-hydrogen) atoms. The molecular formula is C20H25NO2.